The van der Waals surface area contributed by atoms with E-state index in [0.29, 0.717) is 5.54 Å². The molecule has 0 aromatic carbocycles. The molecular formula is C21H37NO2. The van der Waals surface area contributed by atoms with Gasteiger partial charge in [-0.1, -0.05) is 19.3 Å². The predicted molar refractivity (Wildman–Crippen MR) is 97.2 cm³/mol. The van der Waals surface area contributed by atoms with Crippen molar-refractivity contribution in [2.24, 2.45) is 17.8 Å². The van der Waals surface area contributed by atoms with Gasteiger partial charge in [-0.25, -0.2) is 0 Å². The van der Waals surface area contributed by atoms with E-state index in [1.165, 1.54) is 51.4 Å². The minimum absolute atomic E-state index is 0.543. The van der Waals surface area contributed by atoms with E-state index >= 15 is 0 Å². The van der Waals surface area contributed by atoms with Gasteiger partial charge >= 0.3 is 0 Å². The summed E-state index contributed by atoms with van der Waals surface area (Å²) in [7, 11) is 1.76. The number of hydrogen-bond donors (Lipinski definition) is 0. The first-order valence-corrected chi connectivity index (χ1v) is 10.6. The Bertz CT molecular complexity index is 369. The lowest BCUT2D eigenvalue weighted by Gasteiger charge is -2.62. The molecule has 0 saturated heterocycles. The number of hydrogen-bond acceptors (Lipinski definition) is 3. The number of ether oxygens (including phenoxy) is 2. The lowest BCUT2D eigenvalue weighted by atomic mass is 9.52. The van der Waals surface area contributed by atoms with Crippen LogP contribution in [0.3, 0.4) is 0 Å². The summed E-state index contributed by atoms with van der Waals surface area (Å²) in [6.45, 7) is 3.51. The lowest BCUT2D eigenvalue weighted by molar-refractivity contribution is -0.116. The monoisotopic (exact) mass is 335 g/mol. The van der Waals surface area contributed by atoms with E-state index in [0.717, 1.165) is 50.2 Å². The van der Waals surface area contributed by atoms with Gasteiger partial charge in [0.1, 0.15) is 0 Å². The molecule has 0 unspecified atom stereocenters. The van der Waals surface area contributed by atoms with E-state index in [4.69, 9.17) is 9.47 Å². The standard InChI is InChI=1S/C21H37NO2/c1-23-9-10-24-8-7-22(20-5-3-2-4-6-20)21-14-17-11-18(15-21)13-19(12-17)16-21/h17-20H,2-16H2,1H3. The van der Waals surface area contributed by atoms with Crippen LogP contribution in [0.1, 0.15) is 70.6 Å². The van der Waals surface area contributed by atoms with Gasteiger partial charge in [0, 0.05) is 25.2 Å². The Morgan fingerprint density at radius 3 is 2.04 bits per heavy atom. The molecule has 5 saturated carbocycles. The largest absolute Gasteiger partial charge is 0.382 e. The quantitative estimate of drug-likeness (QED) is 0.619. The molecule has 0 amide bonds. The second-order valence-electron chi connectivity index (χ2n) is 9.23. The van der Waals surface area contributed by atoms with Gasteiger partial charge in [0.15, 0.2) is 0 Å². The van der Waals surface area contributed by atoms with E-state index in [9.17, 15) is 0 Å². The fourth-order valence-corrected chi connectivity index (χ4v) is 7.02. The van der Waals surface area contributed by atoms with Gasteiger partial charge < -0.3 is 9.47 Å². The Hall–Kier alpha value is -0.120. The first-order valence-electron chi connectivity index (χ1n) is 10.6. The highest BCUT2D eigenvalue weighted by Gasteiger charge is 2.54. The lowest BCUT2D eigenvalue weighted by Crippen LogP contribution is -2.63. The van der Waals surface area contributed by atoms with E-state index in [-0.39, 0.29) is 0 Å². The Balaban J connectivity index is 1.44. The SMILES string of the molecule is COCCOCCN(C1CCCCC1)C12CC3CC(CC(C3)C1)C2. The van der Waals surface area contributed by atoms with E-state index in [1.807, 2.05) is 0 Å². The fraction of sp³-hybridized carbons (Fsp3) is 1.00. The zero-order chi connectivity index (χ0) is 16.4. The van der Waals surface area contributed by atoms with E-state index in [1.54, 1.807) is 26.4 Å². The summed E-state index contributed by atoms with van der Waals surface area (Å²) in [5, 5.41) is 0. The molecule has 0 aromatic heterocycles. The van der Waals surface area contributed by atoms with Gasteiger partial charge in [-0.05, 0) is 69.1 Å². The molecular weight excluding hydrogens is 298 g/mol. The van der Waals surface area contributed by atoms with Crippen LogP contribution >= 0.6 is 0 Å². The zero-order valence-corrected chi connectivity index (χ0v) is 15.7. The van der Waals surface area contributed by atoms with Crippen LogP contribution in [0.15, 0.2) is 0 Å². The van der Waals surface area contributed by atoms with Gasteiger partial charge in [-0.3, -0.25) is 4.90 Å². The summed E-state index contributed by atoms with van der Waals surface area (Å²) < 4.78 is 11.0. The Morgan fingerprint density at radius 1 is 0.833 bits per heavy atom. The van der Waals surface area contributed by atoms with Gasteiger partial charge in [0.25, 0.3) is 0 Å². The van der Waals surface area contributed by atoms with Crippen molar-refractivity contribution in [1.82, 2.24) is 4.90 Å². The van der Waals surface area contributed by atoms with E-state index in [2.05, 4.69) is 4.90 Å². The maximum Gasteiger partial charge on any atom is 0.0700 e. The highest BCUT2D eigenvalue weighted by atomic mass is 16.5. The molecule has 5 fully saturated rings. The third-order valence-electron chi connectivity index (χ3n) is 7.54. The van der Waals surface area contributed by atoms with Crippen molar-refractivity contribution in [2.75, 3.05) is 33.5 Å². The summed E-state index contributed by atoms with van der Waals surface area (Å²) >= 11 is 0. The molecule has 138 valence electrons. The summed E-state index contributed by atoms with van der Waals surface area (Å²) in [6, 6.07) is 0.834. The minimum atomic E-state index is 0.543. The van der Waals surface area contributed by atoms with Crippen LogP contribution in [0.25, 0.3) is 0 Å². The van der Waals surface area contributed by atoms with Gasteiger partial charge in [0.2, 0.25) is 0 Å². The number of rotatable bonds is 8. The van der Waals surface area contributed by atoms with Crippen molar-refractivity contribution in [3.05, 3.63) is 0 Å². The molecule has 0 aromatic rings. The van der Waals surface area contributed by atoms with Crippen molar-refractivity contribution >= 4 is 0 Å². The molecule has 5 rings (SSSR count). The summed E-state index contributed by atoms with van der Waals surface area (Å²) in [6.07, 6.45) is 16.3. The number of methoxy groups -OCH3 is 1. The molecule has 3 heteroatoms. The van der Waals surface area contributed by atoms with Crippen LogP contribution in [0.5, 0.6) is 0 Å². The van der Waals surface area contributed by atoms with Crippen molar-refractivity contribution in [2.45, 2.75) is 82.2 Å². The Kier molecular flexibility index (Phi) is 5.50. The average Bonchev–Trinajstić information content (AvgIpc) is 2.57. The van der Waals surface area contributed by atoms with Crippen molar-refractivity contribution in [3.63, 3.8) is 0 Å². The third kappa shape index (κ3) is 3.54. The van der Waals surface area contributed by atoms with Crippen LogP contribution in [-0.2, 0) is 9.47 Å². The van der Waals surface area contributed by atoms with E-state index < -0.39 is 0 Å². The maximum atomic E-state index is 5.89. The van der Waals surface area contributed by atoms with Crippen LogP contribution in [0.2, 0.25) is 0 Å². The van der Waals surface area contributed by atoms with Crippen LogP contribution < -0.4 is 0 Å². The Morgan fingerprint density at radius 2 is 1.46 bits per heavy atom. The maximum absolute atomic E-state index is 5.89. The molecule has 0 atom stereocenters. The molecule has 0 N–H and O–H groups in total. The minimum Gasteiger partial charge on any atom is -0.382 e. The van der Waals surface area contributed by atoms with Gasteiger partial charge in [0.05, 0.1) is 19.8 Å². The second kappa shape index (κ2) is 7.63. The summed E-state index contributed by atoms with van der Waals surface area (Å²) in [5.41, 5.74) is 0.543. The summed E-state index contributed by atoms with van der Waals surface area (Å²) in [5.74, 6) is 3.12. The van der Waals surface area contributed by atoms with Crippen molar-refractivity contribution < 1.29 is 9.47 Å². The first kappa shape index (κ1) is 17.3. The molecule has 24 heavy (non-hydrogen) atoms. The van der Waals surface area contributed by atoms with Gasteiger partial charge in [-0.15, -0.1) is 0 Å². The third-order valence-corrected chi connectivity index (χ3v) is 7.54. The molecule has 0 spiro atoms. The molecule has 0 heterocycles. The van der Waals surface area contributed by atoms with Crippen LogP contribution in [-0.4, -0.2) is 50.0 Å². The topological polar surface area (TPSA) is 21.7 Å². The molecule has 5 aliphatic rings. The van der Waals surface area contributed by atoms with Crippen molar-refractivity contribution in [3.8, 4) is 0 Å². The highest BCUT2D eigenvalue weighted by Crippen LogP contribution is 2.58. The van der Waals surface area contributed by atoms with Crippen LogP contribution in [0.4, 0.5) is 0 Å². The first-order chi connectivity index (χ1) is 11.8. The molecule has 0 aliphatic heterocycles. The van der Waals surface area contributed by atoms with Gasteiger partial charge in [-0.2, -0.15) is 0 Å². The average molecular weight is 336 g/mol. The molecule has 3 nitrogen and oxygen atoms in total. The predicted octanol–water partition coefficient (Wildman–Crippen LogP) is 4.25. The normalized spacial score (nSPS) is 39.0. The molecule has 5 aliphatic carbocycles. The molecule has 4 bridgehead atoms. The van der Waals surface area contributed by atoms with Crippen LogP contribution in [0, 0.1) is 17.8 Å². The number of nitrogens with zero attached hydrogens (tertiary/aromatic N) is 1. The smallest absolute Gasteiger partial charge is 0.0700 e. The molecule has 0 radical (unpaired) electrons. The highest BCUT2D eigenvalue weighted by molar-refractivity contribution is 5.08. The summed E-state index contributed by atoms with van der Waals surface area (Å²) in [4.78, 5) is 2.99. The second-order valence-corrected chi connectivity index (χ2v) is 9.23. The zero-order valence-electron chi connectivity index (χ0n) is 15.7. The Labute approximate surface area is 148 Å². The fourth-order valence-electron chi connectivity index (χ4n) is 7.02. The van der Waals surface area contributed by atoms with Crippen molar-refractivity contribution in [1.29, 1.82) is 0 Å².